The molecule has 0 aromatic carbocycles. The van der Waals surface area contributed by atoms with Crippen molar-refractivity contribution in [3.8, 4) is 5.88 Å². The van der Waals surface area contributed by atoms with Crippen molar-refractivity contribution in [2.75, 3.05) is 13.1 Å². The van der Waals surface area contributed by atoms with E-state index in [1.54, 1.807) is 11.0 Å². The van der Waals surface area contributed by atoms with E-state index in [4.69, 9.17) is 4.74 Å². The quantitative estimate of drug-likeness (QED) is 0.868. The van der Waals surface area contributed by atoms with Crippen LogP contribution in [0.4, 0.5) is 4.39 Å². The minimum Gasteiger partial charge on any atom is -0.470 e. The van der Waals surface area contributed by atoms with Gasteiger partial charge in [-0.1, -0.05) is 13.0 Å². The van der Waals surface area contributed by atoms with Gasteiger partial charge in [0.2, 0.25) is 5.82 Å². The highest BCUT2D eigenvalue weighted by Crippen LogP contribution is 2.22. The van der Waals surface area contributed by atoms with Gasteiger partial charge < -0.3 is 9.64 Å². The molecule has 1 amide bonds. The number of aryl methyl sites for hydroxylation is 1. The number of carbonyl (C=O) groups is 1. The lowest BCUT2D eigenvalue weighted by atomic mass is 10.3. The minimum absolute atomic E-state index is 0.00138. The van der Waals surface area contributed by atoms with Crippen LogP contribution < -0.4 is 4.74 Å². The Hall–Kier alpha value is -2.02. The summed E-state index contributed by atoms with van der Waals surface area (Å²) in [5.41, 5.74) is 0.342. The topological polar surface area (TPSA) is 55.3 Å². The van der Waals surface area contributed by atoms with Gasteiger partial charge in [0, 0.05) is 13.0 Å². The molecule has 0 aliphatic carbocycles. The Morgan fingerprint density at radius 1 is 1.55 bits per heavy atom. The van der Waals surface area contributed by atoms with E-state index in [1.807, 2.05) is 18.4 Å². The maximum absolute atomic E-state index is 14.1. The predicted molar refractivity (Wildman–Crippen MR) is 80.6 cm³/mol. The van der Waals surface area contributed by atoms with E-state index in [0.29, 0.717) is 36.5 Å². The third kappa shape index (κ3) is 2.94. The average Bonchev–Trinajstić information content (AvgIpc) is 3.20. The molecule has 5 nitrogen and oxygen atoms in total. The van der Waals surface area contributed by atoms with Crippen LogP contribution in [0.15, 0.2) is 23.8 Å². The molecular formula is C15H16FN3O2S. The second-order valence-electron chi connectivity index (χ2n) is 5.05. The van der Waals surface area contributed by atoms with Crippen LogP contribution in [0.25, 0.3) is 0 Å². The molecule has 116 valence electrons. The van der Waals surface area contributed by atoms with Gasteiger partial charge in [0.15, 0.2) is 0 Å². The van der Waals surface area contributed by atoms with Crippen molar-refractivity contribution in [1.29, 1.82) is 0 Å². The van der Waals surface area contributed by atoms with Crippen LogP contribution in [0.2, 0.25) is 0 Å². The summed E-state index contributed by atoms with van der Waals surface area (Å²) < 4.78 is 19.7. The second-order valence-corrected chi connectivity index (χ2v) is 6.00. The summed E-state index contributed by atoms with van der Waals surface area (Å²) in [6.07, 6.45) is 2.22. The van der Waals surface area contributed by atoms with Gasteiger partial charge in [0.1, 0.15) is 12.4 Å². The van der Waals surface area contributed by atoms with Crippen molar-refractivity contribution in [3.05, 3.63) is 40.2 Å². The number of carbonyl (C=O) groups excluding carboxylic acids is 1. The summed E-state index contributed by atoms with van der Waals surface area (Å²) in [5, 5.41) is 1.87. The van der Waals surface area contributed by atoms with Crippen molar-refractivity contribution >= 4 is 17.2 Å². The number of halogens is 1. The molecule has 1 aliphatic rings. The fourth-order valence-corrected chi connectivity index (χ4v) is 3.13. The van der Waals surface area contributed by atoms with Crippen LogP contribution in [-0.2, 0) is 6.42 Å². The molecule has 1 atom stereocenters. The Morgan fingerprint density at radius 3 is 3.14 bits per heavy atom. The summed E-state index contributed by atoms with van der Waals surface area (Å²) in [5.74, 6) is -0.534. The lowest BCUT2D eigenvalue weighted by molar-refractivity contribution is 0.0774. The first-order chi connectivity index (χ1) is 10.7. The first-order valence-electron chi connectivity index (χ1n) is 7.17. The van der Waals surface area contributed by atoms with E-state index in [0.717, 1.165) is 0 Å². The van der Waals surface area contributed by atoms with Gasteiger partial charge in [-0.25, -0.2) is 4.98 Å². The van der Waals surface area contributed by atoms with Gasteiger partial charge in [-0.2, -0.15) is 9.37 Å². The SMILES string of the molecule is CCc1ncnc(OC2CCN(C(=O)c3cccs3)C2)c1F. The number of ether oxygens (including phenoxy) is 1. The van der Waals surface area contributed by atoms with Crippen LogP contribution in [-0.4, -0.2) is 40.0 Å². The van der Waals surface area contributed by atoms with E-state index < -0.39 is 5.82 Å². The smallest absolute Gasteiger partial charge is 0.264 e. The zero-order valence-electron chi connectivity index (χ0n) is 12.2. The van der Waals surface area contributed by atoms with Gasteiger partial charge in [0.05, 0.1) is 17.1 Å². The Bertz CT molecular complexity index is 663. The Labute approximate surface area is 131 Å². The summed E-state index contributed by atoms with van der Waals surface area (Å²) in [7, 11) is 0. The lowest BCUT2D eigenvalue weighted by Crippen LogP contribution is -2.30. The van der Waals surface area contributed by atoms with Crippen molar-refractivity contribution in [3.63, 3.8) is 0 Å². The molecular weight excluding hydrogens is 305 g/mol. The average molecular weight is 321 g/mol. The highest BCUT2D eigenvalue weighted by molar-refractivity contribution is 7.12. The molecule has 2 aromatic rings. The van der Waals surface area contributed by atoms with Crippen LogP contribution >= 0.6 is 11.3 Å². The highest BCUT2D eigenvalue weighted by Gasteiger charge is 2.29. The van der Waals surface area contributed by atoms with Gasteiger partial charge >= 0.3 is 0 Å². The van der Waals surface area contributed by atoms with Crippen molar-refractivity contribution in [2.45, 2.75) is 25.9 Å². The van der Waals surface area contributed by atoms with Crippen LogP contribution in [0.1, 0.15) is 28.7 Å². The molecule has 3 rings (SSSR count). The number of aromatic nitrogens is 2. The first kappa shape index (κ1) is 14.9. The number of nitrogens with zero attached hydrogens (tertiary/aromatic N) is 3. The summed E-state index contributed by atoms with van der Waals surface area (Å²) in [4.78, 5) is 22.4. The molecule has 22 heavy (non-hydrogen) atoms. The molecule has 1 unspecified atom stereocenters. The standard InChI is InChI=1S/C15H16FN3O2S/c1-2-11-13(16)14(18-9-17-11)21-10-5-6-19(8-10)15(20)12-4-3-7-22-12/h3-4,7,9-10H,2,5-6,8H2,1H3. The molecule has 1 aliphatic heterocycles. The molecule has 3 heterocycles. The van der Waals surface area contributed by atoms with Crippen molar-refractivity contribution < 1.29 is 13.9 Å². The molecule has 1 saturated heterocycles. The zero-order chi connectivity index (χ0) is 15.5. The molecule has 7 heteroatoms. The molecule has 0 radical (unpaired) electrons. The molecule has 0 N–H and O–H groups in total. The summed E-state index contributed by atoms with van der Waals surface area (Å²) in [6, 6.07) is 3.66. The Morgan fingerprint density at radius 2 is 2.41 bits per heavy atom. The number of hydrogen-bond acceptors (Lipinski definition) is 5. The zero-order valence-corrected chi connectivity index (χ0v) is 13.0. The van der Waals surface area contributed by atoms with Crippen molar-refractivity contribution in [2.24, 2.45) is 0 Å². The maximum Gasteiger partial charge on any atom is 0.264 e. The van der Waals surface area contributed by atoms with E-state index in [-0.39, 0.29) is 17.9 Å². The molecule has 1 fully saturated rings. The summed E-state index contributed by atoms with van der Waals surface area (Å²) in [6.45, 7) is 2.88. The fraction of sp³-hybridized carbons (Fsp3) is 0.400. The molecule has 0 saturated carbocycles. The third-order valence-electron chi connectivity index (χ3n) is 3.61. The van der Waals surface area contributed by atoms with E-state index in [9.17, 15) is 9.18 Å². The maximum atomic E-state index is 14.1. The van der Waals surface area contributed by atoms with Gasteiger partial charge in [-0.15, -0.1) is 11.3 Å². The number of rotatable bonds is 4. The Balaban J connectivity index is 1.65. The third-order valence-corrected chi connectivity index (χ3v) is 4.46. The number of likely N-dealkylation sites (tertiary alicyclic amines) is 1. The van der Waals surface area contributed by atoms with Gasteiger partial charge in [0.25, 0.3) is 11.8 Å². The molecule has 0 spiro atoms. The fourth-order valence-electron chi connectivity index (χ4n) is 2.44. The van der Waals surface area contributed by atoms with Crippen LogP contribution in [0.5, 0.6) is 5.88 Å². The normalized spacial score (nSPS) is 17.7. The predicted octanol–water partition coefficient (Wildman–Crippen LogP) is 2.53. The summed E-state index contributed by atoms with van der Waals surface area (Å²) >= 11 is 1.42. The van der Waals surface area contributed by atoms with Crippen LogP contribution in [0.3, 0.4) is 0 Å². The second kappa shape index (κ2) is 6.39. The van der Waals surface area contributed by atoms with Crippen LogP contribution in [0, 0.1) is 5.82 Å². The number of amides is 1. The first-order valence-corrected chi connectivity index (χ1v) is 8.05. The lowest BCUT2D eigenvalue weighted by Gasteiger charge is -2.16. The monoisotopic (exact) mass is 321 g/mol. The van der Waals surface area contributed by atoms with E-state index >= 15 is 0 Å². The van der Waals surface area contributed by atoms with Crippen molar-refractivity contribution in [1.82, 2.24) is 14.9 Å². The number of thiophene rings is 1. The van der Waals surface area contributed by atoms with E-state index in [2.05, 4.69) is 9.97 Å². The largest absolute Gasteiger partial charge is 0.470 e. The number of hydrogen-bond donors (Lipinski definition) is 0. The minimum atomic E-state index is -0.506. The highest BCUT2D eigenvalue weighted by atomic mass is 32.1. The molecule has 2 aromatic heterocycles. The Kier molecular flexibility index (Phi) is 4.33. The van der Waals surface area contributed by atoms with Gasteiger partial charge in [-0.05, 0) is 17.9 Å². The molecule has 0 bridgehead atoms. The van der Waals surface area contributed by atoms with Gasteiger partial charge in [-0.3, -0.25) is 4.79 Å². The van der Waals surface area contributed by atoms with E-state index in [1.165, 1.54) is 17.7 Å².